The summed E-state index contributed by atoms with van der Waals surface area (Å²) in [6, 6.07) is 0. The number of ether oxygens (including phenoxy) is 1. The minimum absolute atomic E-state index is 0. The Morgan fingerprint density at radius 1 is 1.29 bits per heavy atom. The first kappa shape index (κ1) is 18.7. The van der Waals surface area contributed by atoms with Crippen molar-refractivity contribution in [1.29, 1.82) is 0 Å². The van der Waals surface area contributed by atoms with E-state index in [-0.39, 0.29) is 17.8 Å². The van der Waals surface area contributed by atoms with Crippen molar-refractivity contribution >= 4 is 18.3 Å². The molecule has 2 rings (SSSR count). The zero-order chi connectivity index (χ0) is 14.6. The van der Waals surface area contributed by atoms with Gasteiger partial charge >= 0.3 is 0 Å². The Morgan fingerprint density at radius 2 is 1.86 bits per heavy atom. The zero-order valence-electron chi connectivity index (χ0n) is 13.7. The fraction of sp³-hybridized carbons (Fsp3) is 0.938. The van der Waals surface area contributed by atoms with Gasteiger partial charge in [-0.15, -0.1) is 12.4 Å². The number of carbonyl (C=O) groups excluding carboxylic acids is 1. The van der Waals surface area contributed by atoms with Gasteiger partial charge in [-0.3, -0.25) is 4.79 Å². The summed E-state index contributed by atoms with van der Waals surface area (Å²) in [6.45, 7) is 8.87. The van der Waals surface area contributed by atoms with Gasteiger partial charge in [0.25, 0.3) is 0 Å². The molecule has 1 amide bonds. The number of nitrogens with one attached hydrogen (secondary N) is 1. The summed E-state index contributed by atoms with van der Waals surface area (Å²) in [7, 11) is 1.71. The smallest absolute Gasteiger partial charge is 0.231 e. The number of rotatable bonds is 4. The molecule has 4 nitrogen and oxygen atoms in total. The Labute approximate surface area is 135 Å². The van der Waals surface area contributed by atoms with Crippen molar-refractivity contribution < 1.29 is 9.53 Å². The Bertz CT molecular complexity index is 317. The first-order chi connectivity index (χ1) is 9.59. The van der Waals surface area contributed by atoms with Crippen molar-refractivity contribution in [1.82, 2.24) is 10.2 Å². The van der Waals surface area contributed by atoms with Crippen LogP contribution in [0.4, 0.5) is 0 Å². The van der Waals surface area contributed by atoms with Crippen molar-refractivity contribution in [3.05, 3.63) is 0 Å². The van der Waals surface area contributed by atoms with Gasteiger partial charge in [-0.05, 0) is 50.6 Å². The second-order valence-corrected chi connectivity index (χ2v) is 6.84. The highest BCUT2D eigenvalue weighted by Crippen LogP contribution is 2.34. The summed E-state index contributed by atoms with van der Waals surface area (Å²) in [5.41, 5.74) is -0.273. The van der Waals surface area contributed by atoms with Gasteiger partial charge in [0.2, 0.25) is 5.91 Å². The molecule has 0 saturated carbocycles. The predicted octanol–water partition coefficient (Wildman–Crippen LogP) is 2.32. The maximum atomic E-state index is 13.0. The number of amides is 1. The van der Waals surface area contributed by atoms with Crippen LogP contribution in [0, 0.1) is 17.3 Å². The highest BCUT2D eigenvalue weighted by molar-refractivity contribution is 5.85. The van der Waals surface area contributed by atoms with E-state index >= 15 is 0 Å². The summed E-state index contributed by atoms with van der Waals surface area (Å²) in [5, 5.41) is 3.35. The lowest BCUT2D eigenvalue weighted by Crippen LogP contribution is -2.53. The normalized spacial score (nSPS) is 23.0. The molecule has 0 radical (unpaired) electrons. The zero-order valence-corrected chi connectivity index (χ0v) is 14.5. The summed E-state index contributed by atoms with van der Waals surface area (Å²) in [4.78, 5) is 15.1. The second-order valence-electron chi connectivity index (χ2n) is 6.84. The molecule has 0 unspecified atom stereocenters. The van der Waals surface area contributed by atoms with E-state index in [1.807, 2.05) is 0 Å². The van der Waals surface area contributed by atoms with Gasteiger partial charge in [0.15, 0.2) is 0 Å². The van der Waals surface area contributed by atoms with Crippen LogP contribution in [0.2, 0.25) is 0 Å². The molecule has 0 aromatic rings. The summed E-state index contributed by atoms with van der Waals surface area (Å²) < 4.78 is 5.38. The SMILES string of the molecule is COCC1(C(=O)N2CCC(C(C)C)CC2)CCNCC1.Cl. The van der Waals surface area contributed by atoms with Gasteiger partial charge in [0.05, 0.1) is 12.0 Å². The molecule has 2 aliphatic heterocycles. The van der Waals surface area contributed by atoms with Crippen LogP contribution in [-0.4, -0.2) is 50.7 Å². The van der Waals surface area contributed by atoms with E-state index in [1.54, 1.807) is 7.11 Å². The first-order valence-corrected chi connectivity index (χ1v) is 8.08. The van der Waals surface area contributed by atoms with Gasteiger partial charge < -0.3 is 15.0 Å². The van der Waals surface area contributed by atoms with E-state index in [1.165, 1.54) is 0 Å². The highest BCUT2D eigenvalue weighted by Gasteiger charge is 2.42. The number of carbonyl (C=O) groups is 1. The molecule has 0 atom stereocenters. The minimum atomic E-state index is -0.273. The van der Waals surface area contributed by atoms with Crippen LogP contribution >= 0.6 is 12.4 Å². The van der Waals surface area contributed by atoms with Crippen LogP contribution < -0.4 is 5.32 Å². The molecular formula is C16H31ClN2O2. The Kier molecular flexibility index (Phi) is 7.45. The van der Waals surface area contributed by atoms with Gasteiger partial charge in [0, 0.05) is 20.2 Å². The van der Waals surface area contributed by atoms with E-state index in [2.05, 4.69) is 24.1 Å². The highest BCUT2D eigenvalue weighted by atomic mass is 35.5. The van der Waals surface area contributed by atoms with E-state index in [9.17, 15) is 4.79 Å². The fourth-order valence-corrected chi connectivity index (χ4v) is 3.71. The number of hydrogen-bond acceptors (Lipinski definition) is 3. The van der Waals surface area contributed by atoms with E-state index in [4.69, 9.17) is 4.74 Å². The van der Waals surface area contributed by atoms with Crippen LogP contribution in [-0.2, 0) is 9.53 Å². The molecule has 124 valence electrons. The van der Waals surface area contributed by atoms with Crippen molar-refractivity contribution in [2.45, 2.75) is 39.5 Å². The van der Waals surface area contributed by atoms with Crippen LogP contribution in [0.1, 0.15) is 39.5 Å². The van der Waals surface area contributed by atoms with Crippen LogP contribution in [0.15, 0.2) is 0 Å². The number of nitrogens with zero attached hydrogens (tertiary/aromatic N) is 1. The van der Waals surface area contributed by atoms with Gasteiger partial charge in [0.1, 0.15) is 0 Å². The van der Waals surface area contributed by atoms with E-state index < -0.39 is 0 Å². The lowest BCUT2D eigenvalue weighted by Gasteiger charge is -2.42. The molecular weight excluding hydrogens is 288 g/mol. The van der Waals surface area contributed by atoms with Crippen LogP contribution in [0.5, 0.6) is 0 Å². The molecule has 0 aromatic heterocycles. The second kappa shape index (κ2) is 8.35. The summed E-state index contributed by atoms with van der Waals surface area (Å²) >= 11 is 0. The molecule has 2 aliphatic rings. The third-order valence-electron chi connectivity index (χ3n) is 5.20. The van der Waals surface area contributed by atoms with Gasteiger partial charge in [-0.2, -0.15) is 0 Å². The third-order valence-corrected chi connectivity index (χ3v) is 5.20. The standard InChI is InChI=1S/C16H30N2O2.ClH/c1-13(2)14-4-10-18(11-5-14)15(19)16(12-20-3)6-8-17-9-7-16;/h13-14,17H,4-12H2,1-3H3;1H. The van der Waals surface area contributed by atoms with Crippen LogP contribution in [0.3, 0.4) is 0 Å². The van der Waals surface area contributed by atoms with Gasteiger partial charge in [-0.25, -0.2) is 0 Å². The third kappa shape index (κ3) is 4.33. The Hall–Kier alpha value is -0.320. The molecule has 1 N–H and O–H groups in total. The lowest BCUT2D eigenvalue weighted by molar-refractivity contribution is -0.149. The van der Waals surface area contributed by atoms with Crippen molar-refractivity contribution in [3.8, 4) is 0 Å². The minimum Gasteiger partial charge on any atom is -0.384 e. The molecule has 0 aromatic carbocycles. The number of likely N-dealkylation sites (tertiary alicyclic amines) is 1. The monoisotopic (exact) mass is 318 g/mol. The molecule has 2 heterocycles. The van der Waals surface area contributed by atoms with Crippen LogP contribution in [0.25, 0.3) is 0 Å². The maximum Gasteiger partial charge on any atom is 0.231 e. The van der Waals surface area contributed by atoms with Gasteiger partial charge in [-0.1, -0.05) is 13.8 Å². The van der Waals surface area contributed by atoms with E-state index in [0.29, 0.717) is 12.5 Å². The molecule has 0 bridgehead atoms. The number of hydrogen-bond donors (Lipinski definition) is 1. The average molecular weight is 319 g/mol. The molecule has 2 saturated heterocycles. The largest absolute Gasteiger partial charge is 0.384 e. The molecule has 21 heavy (non-hydrogen) atoms. The number of methoxy groups -OCH3 is 1. The van der Waals surface area contributed by atoms with Crippen molar-refractivity contribution in [3.63, 3.8) is 0 Å². The van der Waals surface area contributed by atoms with Crippen molar-refractivity contribution in [2.24, 2.45) is 17.3 Å². The first-order valence-electron chi connectivity index (χ1n) is 8.08. The van der Waals surface area contributed by atoms with Crippen molar-refractivity contribution in [2.75, 3.05) is 39.9 Å². The maximum absolute atomic E-state index is 13.0. The van der Waals surface area contributed by atoms with E-state index in [0.717, 1.165) is 63.7 Å². The predicted molar refractivity (Wildman–Crippen MR) is 87.8 cm³/mol. The molecule has 5 heteroatoms. The fourth-order valence-electron chi connectivity index (χ4n) is 3.71. The Morgan fingerprint density at radius 3 is 2.33 bits per heavy atom. The average Bonchev–Trinajstić information content (AvgIpc) is 2.48. The summed E-state index contributed by atoms with van der Waals surface area (Å²) in [6.07, 6.45) is 4.13. The summed E-state index contributed by atoms with van der Waals surface area (Å²) in [5.74, 6) is 1.85. The number of piperidine rings is 2. The Balaban J connectivity index is 0.00000220. The number of halogens is 1. The molecule has 0 aliphatic carbocycles. The topological polar surface area (TPSA) is 41.6 Å². The molecule has 0 spiro atoms. The quantitative estimate of drug-likeness (QED) is 0.865. The molecule has 2 fully saturated rings. The lowest BCUT2D eigenvalue weighted by atomic mass is 9.77.